The molecular formula is C15H15ClFN. The van der Waals surface area contributed by atoms with E-state index in [-0.39, 0.29) is 5.82 Å². The van der Waals surface area contributed by atoms with Gasteiger partial charge in [0.05, 0.1) is 10.7 Å². The number of aryl methyl sites for hydroxylation is 2. The Bertz CT molecular complexity index is 546. The third-order valence-electron chi connectivity index (χ3n) is 2.92. The SMILES string of the molecule is Cc1ccc(CNc2c(F)cccc2Cl)c(C)c1. The first-order valence-electron chi connectivity index (χ1n) is 5.82. The largest absolute Gasteiger partial charge is 0.377 e. The van der Waals surface area contributed by atoms with Gasteiger partial charge < -0.3 is 5.32 Å². The van der Waals surface area contributed by atoms with Crippen LogP contribution in [0.1, 0.15) is 16.7 Å². The second-order valence-corrected chi connectivity index (χ2v) is 4.79. The summed E-state index contributed by atoms with van der Waals surface area (Å²) in [5.74, 6) is -0.327. The molecule has 2 rings (SSSR count). The van der Waals surface area contributed by atoms with E-state index in [1.54, 1.807) is 12.1 Å². The van der Waals surface area contributed by atoms with Crippen LogP contribution < -0.4 is 5.32 Å². The number of para-hydroxylation sites is 1. The van der Waals surface area contributed by atoms with Gasteiger partial charge in [0.15, 0.2) is 0 Å². The average Bonchev–Trinajstić information content (AvgIpc) is 2.31. The smallest absolute Gasteiger partial charge is 0.147 e. The van der Waals surface area contributed by atoms with Crippen LogP contribution in [0.2, 0.25) is 5.02 Å². The van der Waals surface area contributed by atoms with E-state index in [2.05, 4.69) is 18.3 Å². The van der Waals surface area contributed by atoms with Crippen molar-refractivity contribution in [2.75, 3.05) is 5.32 Å². The predicted octanol–water partition coefficient (Wildman–Crippen LogP) is 4.71. The van der Waals surface area contributed by atoms with Crippen molar-refractivity contribution in [1.29, 1.82) is 0 Å². The Morgan fingerprint density at radius 3 is 2.61 bits per heavy atom. The molecular weight excluding hydrogens is 249 g/mol. The molecule has 0 spiro atoms. The Morgan fingerprint density at radius 2 is 1.94 bits per heavy atom. The highest BCUT2D eigenvalue weighted by Gasteiger charge is 2.06. The van der Waals surface area contributed by atoms with E-state index < -0.39 is 0 Å². The lowest BCUT2D eigenvalue weighted by Crippen LogP contribution is -2.03. The summed E-state index contributed by atoms with van der Waals surface area (Å²) >= 11 is 5.96. The molecule has 0 amide bonds. The second-order valence-electron chi connectivity index (χ2n) is 4.38. The number of hydrogen-bond acceptors (Lipinski definition) is 1. The van der Waals surface area contributed by atoms with E-state index in [0.717, 1.165) is 5.56 Å². The number of anilines is 1. The molecule has 0 atom stereocenters. The molecule has 0 heterocycles. The molecule has 0 aliphatic heterocycles. The molecule has 0 radical (unpaired) electrons. The van der Waals surface area contributed by atoms with E-state index in [0.29, 0.717) is 17.3 Å². The van der Waals surface area contributed by atoms with Crippen LogP contribution in [-0.2, 0) is 6.54 Å². The Morgan fingerprint density at radius 1 is 1.17 bits per heavy atom. The molecule has 2 aromatic rings. The zero-order valence-corrected chi connectivity index (χ0v) is 11.2. The van der Waals surface area contributed by atoms with Gasteiger partial charge in [0.1, 0.15) is 5.82 Å². The van der Waals surface area contributed by atoms with Crippen molar-refractivity contribution in [1.82, 2.24) is 0 Å². The monoisotopic (exact) mass is 263 g/mol. The standard InChI is InChI=1S/C15H15ClFN/c1-10-6-7-12(11(2)8-10)9-18-15-13(16)4-3-5-14(15)17/h3-8,18H,9H2,1-2H3. The number of nitrogens with one attached hydrogen (secondary N) is 1. The fraction of sp³-hybridized carbons (Fsp3) is 0.200. The van der Waals surface area contributed by atoms with Crippen LogP contribution in [0.15, 0.2) is 36.4 Å². The lowest BCUT2D eigenvalue weighted by atomic mass is 10.1. The van der Waals surface area contributed by atoms with Gasteiger partial charge in [0.2, 0.25) is 0 Å². The van der Waals surface area contributed by atoms with Gasteiger partial charge in [-0.2, -0.15) is 0 Å². The predicted molar refractivity (Wildman–Crippen MR) is 74.7 cm³/mol. The molecule has 0 unspecified atom stereocenters. The fourth-order valence-corrected chi connectivity index (χ4v) is 2.12. The Kier molecular flexibility index (Phi) is 3.87. The van der Waals surface area contributed by atoms with Crippen LogP contribution in [-0.4, -0.2) is 0 Å². The number of hydrogen-bond donors (Lipinski definition) is 1. The summed E-state index contributed by atoms with van der Waals surface area (Å²) in [6.45, 7) is 4.66. The molecule has 0 saturated carbocycles. The number of rotatable bonds is 3. The van der Waals surface area contributed by atoms with Crippen LogP contribution in [0, 0.1) is 19.7 Å². The quantitative estimate of drug-likeness (QED) is 0.846. The Hall–Kier alpha value is -1.54. The normalized spacial score (nSPS) is 10.4. The van der Waals surface area contributed by atoms with Crippen molar-refractivity contribution in [2.45, 2.75) is 20.4 Å². The average molecular weight is 264 g/mol. The summed E-state index contributed by atoms with van der Waals surface area (Å²) in [6.07, 6.45) is 0. The molecule has 94 valence electrons. The highest BCUT2D eigenvalue weighted by Crippen LogP contribution is 2.25. The topological polar surface area (TPSA) is 12.0 Å². The van der Waals surface area contributed by atoms with Crippen molar-refractivity contribution in [2.24, 2.45) is 0 Å². The first kappa shape index (κ1) is 12.9. The van der Waals surface area contributed by atoms with Gasteiger partial charge in [0.25, 0.3) is 0 Å². The second kappa shape index (κ2) is 5.40. The van der Waals surface area contributed by atoms with Gasteiger partial charge in [-0.05, 0) is 37.1 Å². The molecule has 2 aromatic carbocycles. The zero-order chi connectivity index (χ0) is 13.1. The number of halogens is 2. The summed E-state index contributed by atoms with van der Waals surface area (Å²) in [5.41, 5.74) is 3.91. The zero-order valence-electron chi connectivity index (χ0n) is 10.4. The molecule has 18 heavy (non-hydrogen) atoms. The minimum atomic E-state index is -0.327. The minimum absolute atomic E-state index is 0.327. The molecule has 0 bridgehead atoms. The van der Waals surface area contributed by atoms with Gasteiger partial charge in [-0.15, -0.1) is 0 Å². The van der Waals surface area contributed by atoms with Gasteiger partial charge >= 0.3 is 0 Å². The maximum atomic E-state index is 13.6. The summed E-state index contributed by atoms with van der Waals surface area (Å²) in [5, 5.41) is 3.45. The van der Waals surface area contributed by atoms with Gasteiger partial charge in [-0.3, -0.25) is 0 Å². The first-order chi connectivity index (χ1) is 8.58. The van der Waals surface area contributed by atoms with Crippen molar-refractivity contribution >= 4 is 17.3 Å². The van der Waals surface area contributed by atoms with Crippen LogP contribution in [0.25, 0.3) is 0 Å². The van der Waals surface area contributed by atoms with E-state index in [1.165, 1.54) is 17.2 Å². The molecule has 1 nitrogen and oxygen atoms in total. The van der Waals surface area contributed by atoms with E-state index in [9.17, 15) is 4.39 Å². The number of benzene rings is 2. The van der Waals surface area contributed by atoms with Crippen LogP contribution in [0.3, 0.4) is 0 Å². The summed E-state index contributed by atoms with van der Waals surface area (Å²) in [6, 6.07) is 10.9. The van der Waals surface area contributed by atoms with Crippen LogP contribution >= 0.6 is 11.6 Å². The van der Waals surface area contributed by atoms with E-state index >= 15 is 0 Å². The minimum Gasteiger partial charge on any atom is -0.377 e. The maximum Gasteiger partial charge on any atom is 0.147 e. The fourth-order valence-electron chi connectivity index (χ4n) is 1.89. The van der Waals surface area contributed by atoms with Gasteiger partial charge in [0, 0.05) is 6.54 Å². The summed E-state index contributed by atoms with van der Waals surface area (Å²) < 4.78 is 13.6. The molecule has 0 aliphatic rings. The van der Waals surface area contributed by atoms with Crippen molar-refractivity contribution in [3.63, 3.8) is 0 Å². The highest BCUT2D eigenvalue weighted by molar-refractivity contribution is 6.33. The molecule has 0 saturated heterocycles. The molecule has 1 N–H and O–H groups in total. The molecule has 0 fully saturated rings. The first-order valence-corrected chi connectivity index (χ1v) is 6.20. The Balaban J connectivity index is 2.16. The van der Waals surface area contributed by atoms with Gasteiger partial charge in [-0.1, -0.05) is 41.4 Å². The van der Waals surface area contributed by atoms with Crippen molar-refractivity contribution in [3.8, 4) is 0 Å². The third kappa shape index (κ3) is 2.82. The Labute approximate surface area is 112 Å². The van der Waals surface area contributed by atoms with E-state index in [4.69, 9.17) is 11.6 Å². The highest BCUT2D eigenvalue weighted by atomic mass is 35.5. The third-order valence-corrected chi connectivity index (χ3v) is 3.23. The van der Waals surface area contributed by atoms with E-state index in [1.807, 2.05) is 19.1 Å². The summed E-state index contributed by atoms with van der Waals surface area (Å²) in [7, 11) is 0. The molecule has 0 aliphatic carbocycles. The molecule has 3 heteroatoms. The molecule has 0 aromatic heterocycles. The van der Waals surface area contributed by atoms with Gasteiger partial charge in [-0.25, -0.2) is 4.39 Å². The van der Waals surface area contributed by atoms with Crippen molar-refractivity contribution < 1.29 is 4.39 Å². The maximum absolute atomic E-state index is 13.6. The summed E-state index contributed by atoms with van der Waals surface area (Å²) in [4.78, 5) is 0. The van der Waals surface area contributed by atoms with Crippen LogP contribution in [0.5, 0.6) is 0 Å². The lowest BCUT2D eigenvalue weighted by Gasteiger charge is -2.11. The lowest BCUT2D eigenvalue weighted by molar-refractivity contribution is 0.630. The van der Waals surface area contributed by atoms with Crippen LogP contribution in [0.4, 0.5) is 10.1 Å². The van der Waals surface area contributed by atoms with Crippen molar-refractivity contribution in [3.05, 3.63) is 63.9 Å².